The van der Waals surface area contributed by atoms with Crippen molar-refractivity contribution in [3.63, 3.8) is 0 Å². The fraction of sp³-hybridized carbons (Fsp3) is 0. The minimum absolute atomic E-state index is 0.683. The Labute approximate surface area is 462 Å². The first-order valence-electron chi connectivity index (χ1n) is 26.9. The lowest BCUT2D eigenvalue weighted by atomic mass is 9.99. The summed E-state index contributed by atoms with van der Waals surface area (Å²) >= 11 is 0. The molecule has 0 radical (unpaired) electrons. The van der Waals surface area contributed by atoms with Crippen LogP contribution in [0.15, 0.2) is 322 Å². The molecule has 0 saturated heterocycles. The first-order valence-corrected chi connectivity index (χ1v) is 26.9. The van der Waals surface area contributed by atoms with Crippen molar-refractivity contribution in [1.29, 1.82) is 0 Å². The molecule has 0 atom stereocenters. The summed E-state index contributed by atoms with van der Waals surface area (Å²) in [5, 5.41) is 0. The van der Waals surface area contributed by atoms with Gasteiger partial charge in [0, 0.05) is 33.8 Å². The molecule has 0 saturated carbocycles. The molecule has 1 aromatic heterocycles. The van der Waals surface area contributed by atoms with Crippen LogP contribution in [-0.4, -0.2) is 9.97 Å². The smallest absolute Gasteiger partial charge is 0.160 e. The van der Waals surface area contributed by atoms with Gasteiger partial charge in [0.1, 0.15) is 0 Å². The summed E-state index contributed by atoms with van der Waals surface area (Å²) in [5.41, 5.74) is 24.4. The molecule has 1 heterocycles. The van der Waals surface area contributed by atoms with Gasteiger partial charge >= 0.3 is 0 Å². The topological polar surface area (TPSA) is 29.0 Å². The van der Waals surface area contributed by atoms with Crippen molar-refractivity contribution in [1.82, 2.24) is 9.97 Å². The molecule has 0 spiro atoms. The second-order valence-corrected chi connectivity index (χ2v) is 19.8. The van der Waals surface area contributed by atoms with Crippen LogP contribution in [0, 0.1) is 0 Å². The van der Waals surface area contributed by atoms with Crippen LogP contribution in [0.3, 0.4) is 0 Å². The van der Waals surface area contributed by atoms with E-state index in [1.807, 2.05) is 12.1 Å². The van der Waals surface area contributed by atoms with Crippen molar-refractivity contribution < 1.29 is 0 Å². The van der Waals surface area contributed by atoms with E-state index in [4.69, 9.17) is 9.97 Å². The molecule has 79 heavy (non-hydrogen) atoms. The number of rotatable bonds is 13. The maximum absolute atomic E-state index is 5.22. The lowest BCUT2D eigenvalue weighted by molar-refractivity contribution is 1.18. The highest BCUT2D eigenvalue weighted by molar-refractivity contribution is 5.83. The summed E-state index contributed by atoms with van der Waals surface area (Å²) in [6.45, 7) is 0. The van der Waals surface area contributed by atoms with Gasteiger partial charge in [-0.25, -0.2) is 9.97 Å². The van der Waals surface area contributed by atoms with E-state index in [9.17, 15) is 0 Å². The van der Waals surface area contributed by atoms with Gasteiger partial charge in [-0.2, -0.15) is 0 Å². The molecule has 13 aromatic rings. The van der Waals surface area contributed by atoms with Gasteiger partial charge in [0.05, 0.1) is 11.4 Å². The minimum Gasteiger partial charge on any atom is -0.311 e. The largest absolute Gasteiger partial charge is 0.311 e. The zero-order valence-electron chi connectivity index (χ0n) is 43.4. The van der Waals surface area contributed by atoms with Crippen LogP contribution in [0.2, 0.25) is 0 Å². The van der Waals surface area contributed by atoms with Crippen molar-refractivity contribution in [2.75, 3.05) is 4.90 Å². The SMILES string of the molecule is c1ccc(-c2ccc(-c3ccc(N(c4ccc(-c5ccc(-c6ccccc6)cc5)cc4)c4ccc(-c5ccc(-c6cc(-c7ccc(-c8ccccc8)cc7)nc(-c7ccc(-c8ccccc8)cc7)n6)cc5)cc4)cc3)cc2)cc1. The van der Waals surface area contributed by atoms with Crippen LogP contribution in [0.25, 0.3) is 112 Å². The fourth-order valence-corrected chi connectivity index (χ4v) is 10.4. The van der Waals surface area contributed by atoms with Gasteiger partial charge in [-0.1, -0.05) is 279 Å². The Bertz CT molecular complexity index is 3880. The van der Waals surface area contributed by atoms with E-state index in [0.29, 0.717) is 5.82 Å². The third-order valence-corrected chi connectivity index (χ3v) is 14.8. The molecule has 0 fully saturated rings. The Hall–Kier alpha value is -10.5. The molecule has 0 aliphatic carbocycles. The van der Waals surface area contributed by atoms with Crippen molar-refractivity contribution in [3.05, 3.63) is 322 Å². The summed E-state index contributed by atoms with van der Waals surface area (Å²) in [6, 6.07) is 114. The quantitative estimate of drug-likeness (QED) is 0.115. The summed E-state index contributed by atoms with van der Waals surface area (Å²) in [4.78, 5) is 12.7. The fourth-order valence-electron chi connectivity index (χ4n) is 10.4. The van der Waals surface area contributed by atoms with Crippen molar-refractivity contribution >= 4 is 17.1 Å². The van der Waals surface area contributed by atoms with E-state index in [1.54, 1.807) is 0 Å². The molecular weight excluding hydrogens is 955 g/mol. The van der Waals surface area contributed by atoms with E-state index in [1.165, 1.54) is 55.6 Å². The van der Waals surface area contributed by atoms with Crippen LogP contribution in [0.5, 0.6) is 0 Å². The van der Waals surface area contributed by atoms with E-state index in [2.05, 4.69) is 314 Å². The number of hydrogen-bond acceptors (Lipinski definition) is 3. The van der Waals surface area contributed by atoms with E-state index in [0.717, 1.165) is 67.4 Å². The zero-order valence-corrected chi connectivity index (χ0v) is 43.4. The van der Waals surface area contributed by atoms with Crippen molar-refractivity contribution in [2.45, 2.75) is 0 Å². The normalized spacial score (nSPS) is 11.0. The van der Waals surface area contributed by atoms with Crippen LogP contribution in [0.4, 0.5) is 17.1 Å². The third-order valence-electron chi connectivity index (χ3n) is 14.8. The van der Waals surface area contributed by atoms with Gasteiger partial charge in [-0.3, -0.25) is 0 Å². The average molecular weight is 1010 g/mol. The Kier molecular flexibility index (Phi) is 13.4. The standard InChI is InChI=1S/C76H53N3/c1-5-13-54(14-6-1)58-21-25-62(26-22-58)65-41-47-71(48-42-65)79(72-49-43-66(44-50-72)63-27-23-59(24-28-63)55-15-7-2-8-16-55)73-51-45-67(46-52-73)64-31-37-69(38-32-64)75-53-74(68-35-29-60(30-36-68)56-17-9-3-10-18-56)77-76(78-75)70-39-33-61(34-40-70)57-19-11-4-12-20-57/h1-53H. The number of nitrogens with zero attached hydrogens (tertiary/aromatic N) is 3. The monoisotopic (exact) mass is 1010 g/mol. The molecular formula is C76H53N3. The number of anilines is 3. The second-order valence-electron chi connectivity index (χ2n) is 19.8. The number of hydrogen-bond donors (Lipinski definition) is 0. The highest BCUT2D eigenvalue weighted by Gasteiger charge is 2.16. The molecule has 0 N–H and O–H groups in total. The van der Waals surface area contributed by atoms with E-state index in [-0.39, 0.29) is 0 Å². The van der Waals surface area contributed by atoms with Crippen LogP contribution < -0.4 is 4.90 Å². The number of benzene rings is 12. The maximum Gasteiger partial charge on any atom is 0.160 e. The van der Waals surface area contributed by atoms with Crippen molar-refractivity contribution in [2.24, 2.45) is 0 Å². The first kappa shape index (κ1) is 48.2. The molecule has 13 rings (SSSR count). The molecule has 12 aromatic carbocycles. The Balaban J connectivity index is 0.800. The molecule has 0 amide bonds. The zero-order chi connectivity index (χ0) is 52.7. The summed E-state index contributed by atoms with van der Waals surface area (Å²) < 4.78 is 0. The lowest BCUT2D eigenvalue weighted by Crippen LogP contribution is -2.09. The van der Waals surface area contributed by atoms with Crippen LogP contribution >= 0.6 is 0 Å². The van der Waals surface area contributed by atoms with E-state index < -0.39 is 0 Å². The third kappa shape index (κ3) is 10.6. The molecule has 3 heteroatoms. The minimum atomic E-state index is 0.683. The first-order chi connectivity index (χ1) is 39.1. The van der Waals surface area contributed by atoms with Gasteiger partial charge < -0.3 is 4.90 Å². The molecule has 0 bridgehead atoms. The molecule has 0 aliphatic rings. The van der Waals surface area contributed by atoms with Gasteiger partial charge in [0.15, 0.2) is 5.82 Å². The predicted octanol–water partition coefficient (Wildman–Crippen LogP) is 20.6. The Morgan fingerprint density at radius 3 is 0.570 bits per heavy atom. The van der Waals surface area contributed by atoms with Gasteiger partial charge in [-0.15, -0.1) is 0 Å². The Morgan fingerprint density at radius 2 is 0.342 bits per heavy atom. The lowest BCUT2D eigenvalue weighted by Gasteiger charge is -2.26. The average Bonchev–Trinajstić information content (AvgIpc) is 3.61. The van der Waals surface area contributed by atoms with Gasteiger partial charge in [0.2, 0.25) is 0 Å². The van der Waals surface area contributed by atoms with E-state index >= 15 is 0 Å². The van der Waals surface area contributed by atoms with Crippen LogP contribution in [-0.2, 0) is 0 Å². The molecule has 0 aliphatic heterocycles. The highest BCUT2D eigenvalue weighted by atomic mass is 15.1. The maximum atomic E-state index is 5.22. The van der Waals surface area contributed by atoms with Crippen molar-refractivity contribution in [3.8, 4) is 112 Å². The van der Waals surface area contributed by atoms with Gasteiger partial charge in [0.25, 0.3) is 0 Å². The summed E-state index contributed by atoms with van der Waals surface area (Å²) in [7, 11) is 0. The summed E-state index contributed by atoms with van der Waals surface area (Å²) in [6.07, 6.45) is 0. The van der Waals surface area contributed by atoms with Crippen LogP contribution in [0.1, 0.15) is 0 Å². The molecule has 0 unspecified atom stereocenters. The molecule has 372 valence electrons. The highest BCUT2D eigenvalue weighted by Crippen LogP contribution is 2.39. The van der Waals surface area contributed by atoms with Gasteiger partial charge in [-0.05, 0) is 120 Å². The second kappa shape index (κ2) is 22.0. The number of aromatic nitrogens is 2. The Morgan fingerprint density at radius 1 is 0.165 bits per heavy atom. The molecule has 3 nitrogen and oxygen atoms in total. The summed E-state index contributed by atoms with van der Waals surface area (Å²) in [5.74, 6) is 0.683. The predicted molar refractivity (Wildman–Crippen MR) is 331 cm³/mol.